The molecule has 0 amide bonds. The van der Waals surface area contributed by atoms with Gasteiger partial charge in [0.2, 0.25) is 0 Å². The minimum atomic E-state index is -4.74. The second-order valence-corrected chi connectivity index (χ2v) is 8.19. The molecule has 9 heteroatoms. The first-order valence-electron chi connectivity index (χ1n) is 8.42. The van der Waals surface area contributed by atoms with Crippen LogP contribution in [0.4, 0.5) is 13.2 Å². The zero-order valence-electron chi connectivity index (χ0n) is 15.2. The molecule has 3 aromatic rings. The van der Waals surface area contributed by atoms with Gasteiger partial charge >= 0.3 is 13.8 Å². The van der Waals surface area contributed by atoms with Gasteiger partial charge in [-0.05, 0) is 36.8 Å². The summed E-state index contributed by atoms with van der Waals surface area (Å²) in [6, 6.07) is 12.2. The van der Waals surface area contributed by atoms with Crippen LogP contribution in [0.15, 0.2) is 54.0 Å². The van der Waals surface area contributed by atoms with Gasteiger partial charge < -0.3 is 14.4 Å². The van der Waals surface area contributed by atoms with Crippen LogP contribution in [0.1, 0.15) is 22.3 Å². The Balaban J connectivity index is 2.11. The van der Waals surface area contributed by atoms with Gasteiger partial charge in [0, 0.05) is 29.2 Å². The first-order valence-corrected chi connectivity index (χ1v) is 10.0. The lowest BCUT2D eigenvalue weighted by atomic mass is 10.1. The van der Waals surface area contributed by atoms with E-state index in [1.807, 2.05) is 0 Å². The number of alkyl halides is 3. The van der Waals surface area contributed by atoms with E-state index in [2.05, 4.69) is 0 Å². The minimum absolute atomic E-state index is 0.122. The predicted molar refractivity (Wildman–Crippen MR) is 103 cm³/mol. The summed E-state index contributed by atoms with van der Waals surface area (Å²) < 4.78 is 52.5. The largest absolute Gasteiger partial charge is 0.416 e. The van der Waals surface area contributed by atoms with Gasteiger partial charge in [0.05, 0.1) is 5.56 Å². The summed E-state index contributed by atoms with van der Waals surface area (Å²) in [6.07, 6.45) is -1.79. The van der Waals surface area contributed by atoms with Crippen molar-refractivity contribution in [2.75, 3.05) is 0 Å². The lowest BCUT2D eigenvalue weighted by molar-refractivity contribution is -0.137. The molecule has 0 saturated carbocycles. The molecule has 2 aromatic carbocycles. The number of aromatic nitrogens is 1. The molecular formula is C20H16F3N2O3P. The molecule has 1 aromatic heterocycles. The molecule has 0 aliphatic heterocycles. The quantitative estimate of drug-likeness (QED) is 0.456. The predicted octanol–water partition coefficient (Wildman–Crippen LogP) is 5.06. The zero-order valence-corrected chi connectivity index (χ0v) is 16.1. The first kappa shape index (κ1) is 20.9. The number of para-hydroxylation sites is 1. The fraction of sp³-hybridized carbons (Fsp3) is 0.150. The van der Waals surface area contributed by atoms with E-state index in [4.69, 9.17) is 5.26 Å². The Kier molecular flexibility index (Phi) is 5.42. The van der Waals surface area contributed by atoms with Crippen molar-refractivity contribution in [2.45, 2.75) is 19.6 Å². The number of fused-ring (bicyclic) bond motifs is 1. The number of halogens is 3. The van der Waals surface area contributed by atoms with Crippen LogP contribution in [0, 0.1) is 18.3 Å². The zero-order chi connectivity index (χ0) is 21.4. The lowest BCUT2D eigenvalue weighted by Gasteiger charge is -2.12. The number of rotatable bonds is 4. The Bertz CT molecular complexity index is 1200. The van der Waals surface area contributed by atoms with E-state index in [-0.39, 0.29) is 6.54 Å². The van der Waals surface area contributed by atoms with Gasteiger partial charge in [-0.15, -0.1) is 0 Å². The molecule has 0 atom stereocenters. The van der Waals surface area contributed by atoms with E-state index >= 15 is 0 Å². The third-order valence-corrected chi connectivity index (χ3v) is 5.21. The van der Waals surface area contributed by atoms with E-state index in [0.717, 1.165) is 18.2 Å². The topological polar surface area (TPSA) is 86.2 Å². The van der Waals surface area contributed by atoms with Crippen molar-refractivity contribution in [1.82, 2.24) is 4.57 Å². The molecule has 0 aliphatic rings. The third kappa shape index (κ3) is 4.60. The highest BCUT2D eigenvalue weighted by Gasteiger charge is 2.31. The standard InChI is InChI=1S/C20H16F3N2O3P/c1-13-6-14(8-16(7-13)20(21,22)23)11-25-12-15(9-17(10-24)29(26,27)28)18-4-2-3-5-19(18)25/h2-9,12H,11H2,1H3,(H2,26,27,28)/b17-9+. The maximum absolute atomic E-state index is 13.1. The van der Waals surface area contributed by atoms with Crippen LogP contribution in [0.25, 0.3) is 17.0 Å². The smallest absolute Gasteiger partial charge is 0.342 e. The van der Waals surface area contributed by atoms with E-state index < -0.39 is 24.6 Å². The average molecular weight is 420 g/mol. The number of nitriles is 1. The fourth-order valence-corrected chi connectivity index (χ4v) is 3.60. The van der Waals surface area contributed by atoms with Gasteiger partial charge in [-0.25, -0.2) is 0 Å². The van der Waals surface area contributed by atoms with Gasteiger partial charge in [0.15, 0.2) is 0 Å². The maximum atomic E-state index is 13.1. The molecule has 0 saturated heterocycles. The summed E-state index contributed by atoms with van der Waals surface area (Å²) in [6.45, 7) is 1.71. The molecule has 0 spiro atoms. The molecule has 150 valence electrons. The number of nitrogens with zero attached hydrogens (tertiary/aromatic N) is 2. The highest BCUT2D eigenvalue weighted by molar-refractivity contribution is 7.57. The van der Waals surface area contributed by atoms with Gasteiger partial charge in [0.1, 0.15) is 11.4 Å². The Morgan fingerprint density at radius 2 is 1.93 bits per heavy atom. The van der Waals surface area contributed by atoms with Gasteiger partial charge in [-0.2, -0.15) is 18.4 Å². The second kappa shape index (κ2) is 7.53. The Labute approximate surface area is 164 Å². The summed E-state index contributed by atoms with van der Waals surface area (Å²) in [5.41, 5.74) is 1.22. The second-order valence-electron chi connectivity index (χ2n) is 6.62. The summed E-state index contributed by atoms with van der Waals surface area (Å²) in [7, 11) is -4.74. The first-order chi connectivity index (χ1) is 13.5. The van der Waals surface area contributed by atoms with Crippen LogP contribution < -0.4 is 0 Å². The molecule has 0 unspecified atom stereocenters. The normalized spacial score (nSPS) is 12.9. The van der Waals surface area contributed by atoms with Crippen molar-refractivity contribution in [1.29, 1.82) is 5.26 Å². The van der Waals surface area contributed by atoms with Crippen molar-refractivity contribution in [2.24, 2.45) is 0 Å². The molecule has 0 bridgehead atoms. The van der Waals surface area contributed by atoms with Crippen molar-refractivity contribution in [3.8, 4) is 6.07 Å². The molecule has 29 heavy (non-hydrogen) atoms. The van der Waals surface area contributed by atoms with Crippen molar-refractivity contribution in [3.05, 3.63) is 76.2 Å². The van der Waals surface area contributed by atoms with Crippen LogP contribution in [0.5, 0.6) is 0 Å². The van der Waals surface area contributed by atoms with E-state index in [1.165, 1.54) is 6.07 Å². The lowest BCUT2D eigenvalue weighted by Crippen LogP contribution is -2.07. The van der Waals surface area contributed by atoms with E-state index in [9.17, 15) is 27.5 Å². The monoisotopic (exact) mass is 420 g/mol. The summed E-state index contributed by atoms with van der Waals surface area (Å²) in [4.78, 5) is 18.6. The highest BCUT2D eigenvalue weighted by atomic mass is 31.2. The SMILES string of the molecule is Cc1cc(Cn2cc(/C=C(\C#N)P(=O)(O)O)c3ccccc32)cc(C(F)(F)F)c1. The molecule has 3 rings (SSSR count). The number of benzene rings is 2. The summed E-state index contributed by atoms with van der Waals surface area (Å²) in [5, 5.41) is 8.99. The highest BCUT2D eigenvalue weighted by Crippen LogP contribution is 2.45. The number of allylic oxidation sites excluding steroid dienone is 1. The molecule has 0 aliphatic carbocycles. The van der Waals surface area contributed by atoms with Gasteiger partial charge in [0.25, 0.3) is 0 Å². The molecule has 0 fully saturated rings. The molecule has 2 N–H and O–H groups in total. The summed E-state index contributed by atoms with van der Waals surface area (Å²) >= 11 is 0. The van der Waals surface area contributed by atoms with Crippen LogP contribution in [-0.2, 0) is 17.3 Å². The molecule has 0 radical (unpaired) electrons. The van der Waals surface area contributed by atoms with Crippen LogP contribution in [-0.4, -0.2) is 14.4 Å². The maximum Gasteiger partial charge on any atom is 0.416 e. The Morgan fingerprint density at radius 3 is 2.55 bits per heavy atom. The fourth-order valence-electron chi connectivity index (χ4n) is 3.16. The molecular weight excluding hydrogens is 404 g/mol. The Hall–Kier alpha value is -2.85. The average Bonchev–Trinajstić information content (AvgIpc) is 2.95. The molecule has 1 heterocycles. The van der Waals surface area contributed by atoms with Crippen molar-refractivity contribution >= 4 is 24.6 Å². The number of hydrogen-bond donors (Lipinski definition) is 2. The number of aryl methyl sites for hydroxylation is 1. The van der Waals surface area contributed by atoms with E-state index in [1.54, 1.807) is 48.0 Å². The van der Waals surface area contributed by atoms with Gasteiger partial charge in [-0.3, -0.25) is 4.57 Å². The van der Waals surface area contributed by atoms with Crippen LogP contribution >= 0.6 is 7.60 Å². The van der Waals surface area contributed by atoms with E-state index in [0.29, 0.717) is 27.6 Å². The third-order valence-electron chi connectivity index (χ3n) is 4.36. The van der Waals surface area contributed by atoms with Crippen LogP contribution in [0.3, 0.4) is 0 Å². The number of hydrogen-bond acceptors (Lipinski definition) is 2. The van der Waals surface area contributed by atoms with Crippen LogP contribution in [0.2, 0.25) is 0 Å². The van der Waals surface area contributed by atoms with Crippen molar-refractivity contribution < 1.29 is 27.5 Å². The summed E-state index contributed by atoms with van der Waals surface area (Å²) in [5.74, 6) is 0. The van der Waals surface area contributed by atoms with Crippen molar-refractivity contribution in [3.63, 3.8) is 0 Å². The van der Waals surface area contributed by atoms with Gasteiger partial charge in [-0.1, -0.05) is 29.8 Å². The molecule has 5 nitrogen and oxygen atoms in total. The minimum Gasteiger partial charge on any atom is -0.342 e. The Morgan fingerprint density at radius 1 is 1.24 bits per heavy atom.